The van der Waals surface area contributed by atoms with Crippen molar-refractivity contribution in [2.24, 2.45) is 16.9 Å². The van der Waals surface area contributed by atoms with Crippen LogP contribution >= 0.6 is 11.3 Å². The van der Waals surface area contributed by atoms with Gasteiger partial charge in [-0.25, -0.2) is 0 Å². The number of thiophene rings is 1. The lowest BCUT2D eigenvalue weighted by molar-refractivity contribution is 0.0532. The number of hydrazone groups is 1. The molecule has 1 unspecified atom stereocenters. The first kappa shape index (κ1) is 25.9. The molecule has 2 aromatic rings. The third kappa shape index (κ3) is 6.58. The summed E-state index contributed by atoms with van der Waals surface area (Å²) in [6.45, 7) is 14.2. The van der Waals surface area contributed by atoms with E-state index in [9.17, 15) is 5.11 Å². The average Bonchev–Trinajstić information content (AvgIpc) is 3.12. The Balaban J connectivity index is 2.25. The van der Waals surface area contributed by atoms with Crippen LogP contribution in [0.4, 0.5) is 0 Å². The smallest absolute Gasteiger partial charge is 0.253 e. The molecule has 0 saturated heterocycles. The zero-order chi connectivity index (χ0) is 23.8. The monoisotopic (exact) mass is 460 g/mol. The summed E-state index contributed by atoms with van der Waals surface area (Å²) in [5.41, 5.74) is 5.13. The zero-order valence-corrected chi connectivity index (χ0v) is 20.6. The Bertz CT molecular complexity index is 926. The highest BCUT2D eigenvalue weighted by molar-refractivity contribution is 7.12. The Hall–Kier alpha value is -2.35. The summed E-state index contributed by atoms with van der Waals surface area (Å²) in [6, 6.07) is 3.82. The van der Waals surface area contributed by atoms with E-state index in [0.717, 1.165) is 40.8 Å². The van der Waals surface area contributed by atoms with Crippen LogP contribution in [-0.2, 0) is 17.6 Å². The summed E-state index contributed by atoms with van der Waals surface area (Å²) in [5, 5.41) is 24.7. The van der Waals surface area contributed by atoms with Gasteiger partial charge in [-0.3, -0.25) is 0 Å². The van der Waals surface area contributed by atoms with Gasteiger partial charge in [0.2, 0.25) is 0 Å². The highest BCUT2D eigenvalue weighted by Crippen LogP contribution is 2.31. The molecule has 1 aromatic carbocycles. The van der Waals surface area contributed by atoms with E-state index in [1.165, 1.54) is 11.1 Å². The van der Waals surface area contributed by atoms with E-state index in [0.29, 0.717) is 23.3 Å². The van der Waals surface area contributed by atoms with Crippen LogP contribution in [0.2, 0.25) is 0 Å². The third-order valence-electron chi connectivity index (χ3n) is 5.05. The van der Waals surface area contributed by atoms with Crippen molar-refractivity contribution in [2.45, 2.75) is 60.0 Å². The Morgan fingerprint density at radius 1 is 1.25 bits per heavy atom. The lowest BCUT2D eigenvalue weighted by Gasteiger charge is -2.17. The average molecular weight is 461 g/mol. The van der Waals surface area contributed by atoms with Gasteiger partial charge in [-0.2, -0.15) is 0 Å². The van der Waals surface area contributed by atoms with E-state index >= 15 is 0 Å². The Labute approximate surface area is 195 Å². The van der Waals surface area contributed by atoms with E-state index in [-0.39, 0.29) is 13.2 Å². The number of aliphatic hydroxyl groups is 2. The van der Waals surface area contributed by atoms with E-state index < -0.39 is 6.10 Å². The summed E-state index contributed by atoms with van der Waals surface area (Å²) in [7, 11) is 0. The number of nitrogens with zero attached hydrogens (tertiary/aromatic N) is 1. The highest BCUT2D eigenvalue weighted by Gasteiger charge is 2.20. The van der Waals surface area contributed by atoms with Gasteiger partial charge >= 0.3 is 0 Å². The van der Waals surface area contributed by atoms with Crippen molar-refractivity contribution < 1.29 is 19.7 Å². The molecule has 1 heterocycles. The molecule has 176 valence electrons. The van der Waals surface area contributed by atoms with Crippen molar-refractivity contribution >= 4 is 23.0 Å². The molecule has 1 atom stereocenters. The van der Waals surface area contributed by atoms with Gasteiger partial charge in [-0.1, -0.05) is 33.8 Å². The molecule has 0 aliphatic heterocycles. The number of hydrogen-bond acceptors (Lipinski definition) is 7. The van der Waals surface area contributed by atoms with Crippen molar-refractivity contribution in [3.8, 4) is 5.75 Å². The van der Waals surface area contributed by atoms with Crippen molar-refractivity contribution in [1.82, 2.24) is 0 Å². The summed E-state index contributed by atoms with van der Waals surface area (Å²) in [6.07, 6.45) is 2.06. The number of rotatable bonds is 11. The summed E-state index contributed by atoms with van der Waals surface area (Å²) in [4.78, 5) is 0.956. The van der Waals surface area contributed by atoms with Gasteiger partial charge < -0.3 is 25.5 Å². The minimum Gasteiger partial charge on any atom is -0.490 e. The topological polar surface area (TPSA) is 97.3 Å². The fourth-order valence-electron chi connectivity index (χ4n) is 3.61. The van der Waals surface area contributed by atoms with Gasteiger partial charge in [0, 0.05) is 5.56 Å². The van der Waals surface area contributed by atoms with Crippen LogP contribution in [0.3, 0.4) is 0 Å². The van der Waals surface area contributed by atoms with Crippen LogP contribution in [-0.4, -0.2) is 35.4 Å². The second-order valence-corrected chi connectivity index (χ2v) is 9.34. The molecule has 6 nitrogen and oxygen atoms in total. The lowest BCUT2D eigenvalue weighted by atomic mass is 9.98. The predicted octanol–water partition coefficient (Wildman–Crippen LogP) is 4.56. The standard InChI is InChI=1S/C25H36N2O4S/c1-7-8-22-20(9-15(2)3)14-32-24(22)25(27-26)31-18(6)19-10-16(4)23(17(5)11-19)30-13-21(29)12-28/h10-11,14-15,21,28-29H,6-9,12-13,26H2,1-5H3/b27-25-. The number of hydrogen-bond donors (Lipinski definition) is 3. The molecular formula is C25H36N2O4S. The third-order valence-corrected chi connectivity index (χ3v) is 6.11. The molecule has 0 aliphatic rings. The normalized spacial score (nSPS) is 12.8. The van der Waals surface area contributed by atoms with Gasteiger partial charge in [0.05, 0.1) is 11.5 Å². The summed E-state index contributed by atoms with van der Waals surface area (Å²) >= 11 is 1.61. The Morgan fingerprint density at radius 2 is 1.91 bits per heavy atom. The van der Waals surface area contributed by atoms with Crippen LogP contribution in [0.15, 0.2) is 29.2 Å². The van der Waals surface area contributed by atoms with Gasteiger partial charge in [-0.15, -0.1) is 16.4 Å². The minimum atomic E-state index is -0.918. The largest absolute Gasteiger partial charge is 0.490 e. The second-order valence-electron chi connectivity index (χ2n) is 8.46. The molecular weight excluding hydrogens is 424 g/mol. The number of ether oxygens (including phenoxy) is 2. The van der Waals surface area contributed by atoms with Crippen LogP contribution in [0.5, 0.6) is 5.75 Å². The van der Waals surface area contributed by atoms with Crippen LogP contribution in [0, 0.1) is 19.8 Å². The van der Waals surface area contributed by atoms with Crippen molar-refractivity contribution in [2.75, 3.05) is 13.2 Å². The molecule has 0 fully saturated rings. The molecule has 32 heavy (non-hydrogen) atoms. The number of nitrogens with two attached hydrogens (primary N) is 1. The molecule has 0 aliphatic carbocycles. The molecule has 1 aromatic heterocycles. The van der Waals surface area contributed by atoms with Gasteiger partial charge in [-0.05, 0) is 72.4 Å². The van der Waals surface area contributed by atoms with Crippen molar-refractivity contribution in [1.29, 1.82) is 0 Å². The maximum absolute atomic E-state index is 9.56. The maximum atomic E-state index is 9.56. The molecule has 4 N–H and O–H groups in total. The summed E-state index contributed by atoms with van der Waals surface area (Å²) in [5.74, 6) is 7.79. The van der Waals surface area contributed by atoms with Crippen LogP contribution < -0.4 is 10.6 Å². The van der Waals surface area contributed by atoms with Gasteiger partial charge in [0.25, 0.3) is 5.90 Å². The Kier molecular flexibility index (Phi) is 9.75. The number of benzene rings is 1. The van der Waals surface area contributed by atoms with Crippen LogP contribution in [0.25, 0.3) is 5.76 Å². The van der Waals surface area contributed by atoms with E-state index in [1.807, 2.05) is 26.0 Å². The van der Waals surface area contributed by atoms with E-state index in [4.69, 9.17) is 20.4 Å². The van der Waals surface area contributed by atoms with E-state index in [1.54, 1.807) is 11.3 Å². The molecule has 0 saturated carbocycles. The van der Waals surface area contributed by atoms with Crippen LogP contribution in [0.1, 0.15) is 59.9 Å². The van der Waals surface area contributed by atoms with Crippen molar-refractivity contribution in [3.05, 3.63) is 56.8 Å². The second kappa shape index (κ2) is 12.0. The molecule has 0 spiro atoms. The fourth-order valence-corrected chi connectivity index (χ4v) is 4.68. The molecule has 2 rings (SSSR count). The quantitative estimate of drug-likeness (QED) is 0.150. The fraction of sp³-hybridized carbons (Fsp3) is 0.480. The lowest BCUT2D eigenvalue weighted by Crippen LogP contribution is -2.21. The molecule has 0 radical (unpaired) electrons. The zero-order valence-electron chi connectivity index (χ0n) is 19.8. The van der Waals surface area contributed by atoms with E-state index in [2.05, 4.69) is 37.8 Å². The molecule has 0 amide bonds. The number of aryl methyl sites for hydroxylation is 2. The first-order chi connectivity index (χ1) is 15.2. The van der Waals surface area contributed by atoms with Crippen molar-refractivity contribution in [3.63, 3.8) is 0 Å². The minimum absolute atomic E-state index is 0.0241. The summed E-state index contributed by atoms with van der Waals surface area (Å²) < 4.78 is 11.8. The predicted molar refractivity (Wildman–Crippen MR) is 132 cm³/mol. The maximum Gasteiger partial charge on any atom is 0.253 e. The molecule has 7 heteroatoms. The Morgan fingerprint density at radius 3 is 2.44 bits per heavy atom. The first-order valence-corrected chi connectivity index (χ1v) is 11.9. The molecule has 0 bridgehead atoms. The highest BCUT2D eigenvalue weighted by atomic mass is 32.1. The SMILES string of the molecule is C=C(O/C(=N\N)c1scc(CC(C)C)c1CCC)c1cc(C)c(OCC(O)CO)c(C)c1. The van der Waals surface area contributed by atoms with Gasteiger partial charge in [0.1, 0.15) is 24.2 Å². The number of aliphatic hydroxyl groups excluding tert-OH is 2. The van der Waals surface area contributed by atoms with Gasteiger partial charge in [0.15, 0.2) is 0 Å². The first-order valence-electron chi connectivity index (χ1n) is 11.0.